The molecule has 1 aliphatic rings. The van der Waals surface area contributed by atoms with E-state index in [1.165, 1.54) is 4.57 Å². The molecular weight excluding hydrogens is 304 g/mol. The van der Waals surface area contributed by atoms with Crippen molar-refractivity contribution in [2.75, 3.05) is 13.2 Å². The van der Waals surface area contributed by atoms with Crippen LogP contribution in [0.25, 0.3) is 10.9 Å². The standard InChI is InChI=1S/C15H14N2O6/c1-7-4-8-12-9(5-7)23-3-2-17(12)15(22)11(13(8)20)14(21)16-6-10(18)19/h4-5,20H,2-3,6H2,1H3,(H,16,21)(H,18,19). The number of carbonyl (C=O) groups is 2. The smallest absolute Gasteiger partial charge is 0.322 e. The summed E-state index contributed by atoms with van der Waals surface area (Å²) in [5, 5.41) is 21.4. The van der Waals surface area contributed by atoms with Gasteiger partial charge in [-0.2, -0.15) is 0 Å². The van der Waals surface area contributed by atoms with Gasteiger partial charge in [0.1, 0.15) is 30.2 Å². The van der Waals surface area contributed by atoms with Gasteiger partial charge in [-0.05, 0) is 24.6 Å². The van der Waals surface area contributed by atoms with Gasteiger partial charge in [0.2, 0.25) is 0 Å². The van der Waals surface area contributed by atoms with Crippen LogP contribution < -0.4 is 15.6 Å². The summed E-state index contributed by atoms with van der Waals surface area (Å²) in [6.07, 6.45) is 0. The first-order valence-electron chi connectivity index (χ1n) is 6.93. The number of aryl methyl sites for hydroxylation is 1. The summed E-state index contributed by atoms with van der Waals surface area (Å²) in [5.41, 5.74) is 0.0921. The summed E-state index contributed by atoms with van der Waals surface area (Å²) in [5.74, 6) is -2.17. The lowest BCUT2D eigenvalue weighted by atomic mass is 10.1. The number of aliphatic carboxylic acids is 1. The number of carboxylic acid groups (broad SMARTS) is 1. The zero-order chi connectivity index (χ0) is 16.7. The van der Waals surface area contributed by atoms with Crippen LogP contribution in [0.15, 0.2) is 16.9 Å². The topological polar surface area (TPSA) is 118 Å². The largest absolute Gasteiger partial charge is 0.506 e. The van der Waals surface area contributed by atoms with Crippen LogP contribution in [0.5, 0.6) is 11.5 Å². The Morgan fingerprint density at radius 1 is 1.39 bits per heavy atom. The molecule has 23 heavy (non-hydrogen) atoms. The number of pyridine rings is 1. The number of amides is 1. The fraction of sp³-hybridized carbons (Fsp3) is 0.267. The molecule has 8 nitrogen and oxygen atoms in total. The van der Waals surface area contributed by atoms with Crippen molar-refractivity contribution < 1.29 is 24.5 Å². The van der Waals surface area contributed by atoms with E-state index < -0.39 is 35.3 Å². The molecule has 0 radical (unpaired) electrons. The Hall–Kier alpha value is -3.03. The average Bonchev–Trinajstić information content (AvgIpc) is 2.50. The van der Waals surface area contributed by atoms with Crippen LogP contribution in [0.1, 0.15) is 15.9 Å². The summed E-state index contributed by atoms with van der Waals surface area (Å²) in [4.78, 5) is 35.2. The lowest BCUT2D eigenvalue weighted by molar-refractivity contribution is -0.135. The van der Waals surface area contributed by atoms with E-state index in [2.05, 4.69) is 5.32 Å². The molecule has 1 aromatic heterocycles. The molecule has 1 amide bonds. The van der Waals surface area contributed by atoms with Crippen LogP contribution in [0.3, 0.4) is 0 Å². The zero-order valence-electron chi connectivity index (χ0n) is 12.3. The van der Waals surface area contributed by atoms with Crippen molar-refractivity contribution in [3.05, 3.63) is 33.6 Å². The highest BCUT2D eigenvalue weighted by Crippen LogP contribution is 2.35. The molecule has 2 aromatic rings. The number of nitrogens with one attached hydrogen (secondary N) is 1. The second-order valence-corrected chi connectivity index (χ2v) is 5.26. The third-order valence-electron chi connectivity index (χ3n) is 3.64. The van der Waals surface area contributed by atoms with Crippen LogP contribution >= 0.6 is 0 Å². The Kier molecular flexibility index (Phi) is 3.44. The van der Waals surface area contributed by atoms with E-state index in [4.69, 9.17) is 9.84 Å². The monoisotopic (exact) mass is 318 g/mol. The first-order valence-corrected chi connectivity index (χ1v) is 6.93. The number of carbonyl (C=O) groups excluding carboxylic acids is 1. The summed E-state index contributed by atoms with van der Waals surface area (Å²) in [6.45, 7) is 1.67. The van der Waals surface area contributed by atoms with Crippen LogP contribution in [-0.2, 0) is 11.3 Å². The lowest BCUT2D eigenvalue weighted by Gasteiger charge is -2.22. The normalized spacial score (nSPS) is 12.7. The molecule has 120 valence electrons. The Morgan fingerprint density at radius 3 is 2.83 bits per heavy atom. The van der Waals surface area contributed by atoms with Gasteiger partial charge in [0, 0.05) is 5.39 Å². The maximum Gasteiger partial charge on any atom is 0.322 e. The van der Waals surface area contributed by atoms with Crippen molar-refractivity contribution >= 4 is 22.8 Å². The molecule has 3 N–H and O–H groups in total. The molecule has 0 bridgehead atoms. The molecular formula is C15H14N2O6. The minimum atomic E-state index is -1.24. The first kappa shape index (κ1) is 14.9. The van der Waals surface area contributed by atoms with Gasteiger partial charge in [-0.15, -0.1) is 0 Å². The van der Waals surface area contributed by atoms with Crippen LogP contribution in [0.4, 0.5) is 0 Å². The fourth-order valence-corrected chi connectivity index (χ4v) is 2.70. The van der Waals surface area contributed by atoms with Crippen molar-refractivity contribution in [1.29, 1.82) is 0 Å². The SMILES string of the molecule is Cc1cc2c3c(c1)c(O)c(C(=O)NCC(=O)O)c(=O)n3CCO2. The third-order valence-corrected chi connectivity index (χ3v) is 3.64. The van der Waals surface area contributed by atoms with Crippen LogP contribution in [0.2, 0.25) is 0 Å². The van der Waals surface area contributed by atoms with Crippen molar-refractivity contribution in [1.82, 2.24) is 9.88 Å². The molecule has 8 heteroatoms. The highest BCUT2D eigenvalue weighted by molar-refractivity contribution is 6.04. The van der Waals surface area contributed by atoms with Crippen molar-refractivity contribution in [3.63, 3.8) is 0 Å². The van der Waals surface area contributed by atoms with Crippen LogP contribution in [-0.4, -0.2) is 39.8 Å². The number of hydrogen-bond acceptors (Lipinski definition) is 5. The van der Waals surface area contributed by atoms with Gasteiger partial charge in [0.25, 0.3) is 11.5 Å². The Bertz CT molecular complexity index is 899. The molecule has 0 spiro atoms. The molecule has 1 aromatic carbocycles. The highest BCUT2D eigenvalue weighted by atomic mass is 16.5. The number of hydrogen-bond donors (Lipinski definition) is 3. The quantitative estimate of drug-likeness (QED) is 0.745. The number of rotatable bonds is 3. The van der Waals surface area contributed by atoms with E-state index in [0.29, 0.717) is 16.7 Å². The highest BCUT2D eigenvalue weighted by Gasteiger charge is 2.26. The predicted molar refractivity (Wildman–Crippen MR) is 80.1 cm³/mol. The summed E-state index contributed by atoms with van der Waals surface area (Å²) in [7, 11) is 0. The van der Waals surface area contributed by atoms with Gasteiger partial charge in [0.15, 0.2) is 0 Å². The van der Waals surface area contributed by atoms with Gasteiger partial charge in [-0.3, -0.25) is 14.4 Å². The summed E-state index contributed by atoms with van der Waals surface area (Å²) < 4.78 is 6.88. The molecule has 0 unspecified atom stereocenters. The molecule has 3 rings (SSSR count). The van der Waals surface area contributed by atoms with E-state index in [1.807, 2.05) is 0 Å². The summed E-state index contributed by atoms with van der Waals surface area (Å²) in [6, 6.07) is 3.40. The maximum atomic E-state index is 12.5. The first-order chi connectivity index (χ1) is 10.9. The van der Waals surface area contributed by atoms with Crippen molar-refractivity contribution in [3.8, 4) is 11.5 Å². The minimum absolute atomic E-state index is 0.241. The number of carboxylic acids is 1. The second-order valence-electron chi connectivity index (χ2n) is 5.26. The van der Waals surface area contributed by atoms with E-state index >= 15 is 0 Å². The molecule has 2 heterocycles. The molecule has 0 fully saturated rings. The number of benzene rings is 1. The zero-order valence-corrected chi connectivity index (χ0v) is 12.3. The number of nitrogens with zero attached hydrogens (tertiary/aromatic N) is 1. The summed E-state index contributed by atoms with van der Waals surface area (Å²) >= 11 is 0. The van der Waals surface area contributed by atoms with Gasteiger partial charge in [-0.25, -0.2) is 0 Å². The van der Waals surface area contributed by atoms with E-state index in [0.717, 1.165) is 5.56 Å². The molecule has 1 aliphatic heterocycles. The van der Waals surface area contributed by atoms with E-state index in [-0.39, 0.29) is 13.2 Å². The molecule has 0 saturated heterocycles. The second kappa shape index (κ2) is 5.31. The Morgan fingerprint density at radius 2 is 2.13 bits per heavy atom. The lowest BCUT2D eigenvalue weighted by Crippen LogP contribution is -2.37. The van der Waals surface area contributed by atoms with Gasteiger partial charge >= 0.3 is 5.97 Å². The van der Waals surface area contributed by atoms with Gasteiger partial charge < -0.3 is 24.8 Å². The average molecular weight is 318 g/mol. The minimum Gasteiger partial charge on any atom is -0.506 e. The fourth-order valence-electron chi connectivity index (χ4n) is 2.70. The predicted octanol–water partition coefficient (Wildman–Crippen LogP) is 0.222. The van der Waals surface area contributed by atoms with Gasteiger partial charge in [-0.1, -0.05) is 0 Å². The maximum absolute atomic E-state index is 12.5. The molecule has 0 aliphatic carbocycles. The molecule has 0 atom stereocenters. The van der Waals surface area contributed by atoms with Crippen molar-refractivity contribution in [2.24, 2.45) is 0 Å². The van der Waals surface area contributed by atoms with Crippen molar-refractivity contribution in [2.45, 2.75) is 13.5 Å². The third kappa shape index (κ3) is 2.37. The van der Waals surface area contributed by atoms with Gasteiger partial charge in [0.05, 0.1) is 12.1 Å². The molecule has 0 saturated carbocycles. The van der Waals surface area contributed by atoms with Crippen LogP contribution in [0, 0.1) is 6.92 Å². The Labute approximate surface area is 129 Å². The van der Waals surface area contributed by atoms with E-state index in [9.17, 15) is 19.5 Å². The Balaban J connectivity index is 2.26. The van der Waals surface area contributed by atoms with E-state index in [1.54, 1.807) is 19.1 Å². The number of ether oxygens (including phenoxy) is 1. The number of aromatic nitrogens is 1. The number of aromatic hydroxyl groups is 1.